The van der Waals surface area contributed by atoms with Crippen molar-refractivity contribution in [3.63, 3.8) is 0 Å². The van der Waals surface area contributed by atoms with Crippen LogP contribution in [0, 0.1) is 0 Å². The summed E-state index contributed by atoms with van der Waals surface area (Å²) in [5, 5.41) is 7.01. The normalized spacial score (nSPS) is 17.3. The van der Waals surface area contributed by atoms with E-state index in [0.29, 0.717) is 29.1 Å². The maximum absolute atomic E-state index is 12.6. The predicted octanol–water partition coefficient (Wildman–Crippen LogP) is 3.77. The molecule has 1 unspecified atom stereocenters. The van der Waals surface area contributed by atoms with Gasteiger partial charge in [-0.05, 0) is 56.9 Å². The summed E-state index contributed by atoms with van der Waals surface area (Å²) < 4.78 is 5.40. The molecule has 7 nitrogen and oxygen atoms in total. The molecule has 7 heteroatoms. The minimum Gasteiger partial charge on any atom is -0.341 e. The lowest BCUT2D eigenvalue weighted by atomic mass is 10.1. The minimum atomic E-state index is -0.393. The van der Waals surface area contributed by atoms with Crippen LogP contribution in [0.2, 0.25) is 0 Å². The van der Waals surface area contributed by atoms with Crippen LogP contribution in [0.25, 0.3) is 11.4 Å². The monoisotopic (exact) mass is 375 g/mol. The average Bonchev–Trinajstić information content (AvgIpc) is 3.65. The molecule has 0 radical (unpaired) electrons. The van der Waals surface area contributed by atoms with Gasteiger partial charge in [-0.25, -0.2) is 0 Å². The first kappa shape index (κ1) is 17.0. The third kappa shape index (κ3) is 3.52. The Morgan fingerprint density at radius 3 is 2.46 bits per heavy atom. The molecule has 2 fully saturated rings. The number of hydrogen-bond acceptors (Lipinski definition) is 6. The summed E-state index contributed by atoms with van der Waals surface area (Å²) in [5.74, 6) is 1.79. The number of rotatable bonds is 6. The molecule has 1 amide bonds. The Bertz CT molecular complexity index is 1020. The quantitative estimate of drug-likeness (QED) is 0.705. The van der Waals surface area contributed by atoms with Crippen LogP contribution in [-0.4, -0.2) is 26.0 Å². The standard InChI is InChI=1S/C21H21N5O2/c1-12(24-20(27)16-7-9-23-18(11-16)14-4-5-14)21-25-19(26-28-21)15-6-8-22-17(10-15)13-2-3-13/h6-14H,2-5H2,1H3,(H,24,27). The van der Waals surface area contributed by atoms with Gasteiger partial charge >= 0.3 is 0 Å². The Morgan fingerprint density at radius 1 is 1.07 bits per heavy atom. The van der Waals surface area contributed by atoms with Crippen LogP contribution in [0.15, 0.2) is 41.2 Å². The van der Waals surface area contributed by atoms with Crippen molar-refractivity contribution in [3.05, 3.63) is 59.5 Å². The number of amides is 1. The Morgan fingerprint density at radius 2 is 1.75 bits per heavy atom. The van der Waals surface area contributed by atoms with Gasteiger partial charge in [-0.15, -0.1) is 0 Å². The van der Waals surface area contributed by atoms with E-state index in [1.54, 1.807) is 18.5 Å². The summed E-state index contributed by atoms with van der Waals surface area (Å²) in [6.07, 6.45) is 8.15. The molecule has 2 saturated carbocycles. The number of nitrogens with zero attached hydrogens (tertiary/aromatic N) is 4. The molecule has 2 aliphatic carbocycles. The van der Waals surface area contributed by atoms with E-state index >= 15 is 0 Å². The summed E-state index contributed by atoms with van der Waals surface area (Å²) in [4.78, 5) is 25.8. The lowest BCUT2D eigenvalue weighted by molar-refractivity contribution is 0.0932. The first-order valence-electron chi connectivity index (χ1n) is 9.74. The number of carbonyl (C=O) groups excluding carboxylic acids is 1. The van der Waals surface area contributed by atoms with Gasteiger partial charge < -0.3 is 9.84 Å². The molecule has 28 heavy (non-hydrogen) atoms. The zero-order valence-corrected chi connectivity index (χ0v) is 15.6. The molecule has 0 bridgehead atoms. The number of nitrogens with one attached hydrogen (secondary N) is 1. The first-order valence-corrected chi connectivity index (χ1v) is 9.74. The van der Waals surface area contributed by atoms with Gasteiger partial charge in [-0.1, -0.05) is 5.16 Å². The molecular formula is C21H21N5O2. The van der Waals surface area contributed by atoms with Crippen molar-refractivity contribution in [1.82, 2.24) is 25.4 Å². The van der Waals surface area contributed by atoms with Crippen LogP contribution >= 0.6 is 0 Å². The van der Waals surface area contributed by atoms with Crippen molar-refractivity contribution in [1.29, 1.82) is 0 Å². The number of hydrogen-bond donors (Lipinski definition) is 1. The van der Waals surface area contributed by atoms with E-state index in [1.165, 1.54) is 12.8 Å². The van der Waals surface area contributed by atoms with Crippen LogP contribution < -0.4 is 5.32 Å². The molecule has 3 heterocycles. The van der Waals surface area contributed by atoms with Gasteiger partial charge in [-0.2, -0.15) is 4.98 Å². The molecule has 0 spiro atoms. The molecule has 3 aromatic heterocycles. The van der Waals surface area contributed by atoms with Gasteiger partial charge in [0.15, 0.2) is 0 Å². The Labute approximate surface area is 162 Å². The zero-order valence-electron chi connectivity index (χ0n) is 15.6. The minimum absolute atomic E-state index is 0.170. The molecule has 2 aliphatic rings. The molecule has 5 rings (SSSR count). The van der Waals surface area contributed by atoms with Crippen molar-refractivity contribution in [2.75, 3.05) is 0 Å². The second kappa shape index (κ2) is 6.82. The van der Waals surface area contributed by atoms with E-state index in [4.69, 9.17) is 4.52 Å². The smallest absolute Gasteiger partial charge is 0.252 e. The molecule has 0 aromatic carbocycles. The van der Waals surface area contributed by atoms with Crippen LogP contribution in [0.3, 0.4) is 0 Å². The van der Waals surface area contributed by atoms with Crippen molar-refractivity contribution in [3.8, 4) is 11.4 Å². The molecule has 1 atom stereocenters. The van der Waals surface area contributed by atoms with Crippen LogP contribution in [0.4, 0.5) is 0 Å². The fraction of sp³-hybridized carbons (Fsp3) is 0.381. The maximum atomic E-state index is 12.6. The highest BCUT2D eigenvalue weighted by molar-refractivity contribution is 5.94. The zero-order chi connectivity index (χ0) is 19.1. The molecule has 0 aliphatic heterocycles. The van der Waals surface area contributed by atoms with E-state index in [1.807, 2.05) is 25.1 Å². The van der Waals surface area contributed by atoms with E-state index in [2.05, 4.69) is 25.4 Å². The Balaban J connectivity index is 1.29. The lowest BCUT2D eigenvalue weighted by Crippen LogP contribution is -2.27. The number of pyridine rings is 2. The SMILES string of the molecule is CC(NC(=O)c1ccnc(C2CC2)c1)c1nc(-c2ccnc(C3CC3)c2)no1. The van der Waals surface area contributed by atoms with Crippen molar-refractivity contribution in [2.24, 2.45) is 0 Å². The highest BCUT2D eigenvalue weighted by Gasteiger charge is 2.27. The van der Waals surface area contributed by atoms with E-state index in [0.717, 1.165) is 29.8 Å². The second-order valence-electron chi connectivity index (χ2n) is 7.64. The molecule has 3 aromatic rings. The number of aromatic nitrogens is 4. The summed E-state index contributed by atoms with van der Waals surface area (Å²) in [5.41, 5.74) is 3.55. The topological polar surface area (TPSA) is 93.8 Å². The van der Waals surface area contributed by atoms with Crippen molar-refractivity contribution >= 4 is 5.91 Å². The van der Waals surface area contributed by atoms with Crippen LogP contribution in [0.5, 0.6) is 0 Å². The van der Waals surface area contributed by atoms with Gasteiger partial charge in [-0.3, -0.25) is 14.8 Å². The third-order valence-corrected chi connectivity index (χ3v) is 5.23. The highest BCUT2D eigenvalue weighted by Crippen LogP contribution is 2.40. The van der Waals surface area contributed by atoms with Gasteiger partial charge in [0, 0.05) is 46.7 Å². The maximum Gasteiger partial charge on any atom is 0.252 e. The van der Waals surface area contributed by atoms with E-state index in [-0.39, 0.29) is 5.91 Å². The molecular weight excluding hydrogens is 354 g/mol. The third-order valence-electron chi connectivity index (χ3n) is 5.23. The van der Waals surface area contributed by atoms with E-state index in [9.17, 15) is 4.79 Å². The average molecular weight is 375 g/mol. The summed E-state index contributed by atoms with van der Waals surface area (Å²) in [6.45, 7) is 1.83. The highest BCUT2D eigenvalue weighted by atomic mass is 16.5. The van der Waals surface area contributed by atoms with Crippen LogP contribution in [-0.2, 0) is 0 Å². The van der Waals surface area contributed by atoms with Crippen LogP contribution in [0.1, 0.15) is 78.1 Å². The lowest BCUT2D eigenvalue weighted by Gasteiger charge is -2.10. The molecule has 142 valence electrons. The summed E-state index contributed by atoms with van der Waals surface area (Å²) in [6, 6.07) is 7.10. The Kier molecular flexibility index (Phi) is 4.15. The summed E-state index contributed by atoms with van der Waals surface area (Å²) >= 11 is 0. The van der Waals surface area contributed by atoms with Gasteiger partial charge in [0.25, 0.3) is 5.91 Å². The Hall–Kier alpha value is -3.09. The molecule has 0 saturated heterocycles. The summed E-state index contributed by atoms with van der Waals surface area (Å²) in [7, 11) is 0. The van der Waals surface area contributed by atoms with Gasteiger partial charge in [0.05, 0.1) is 0 Å². The molecule has 1 N–H and O–H groups in total. The van der Waals surface area contributed by atoms with Gasteiger partial charge in [0.2, 0.25) is 11.7 Å². The van der Waals surface area contributed by atoms with Gasteiger partial charge in [0.1, 0.15) is 6.04 Å². The largest absolute Gasteiger partial charge is 0.341 e. The fourth-order valence-electron chi connectivity index (χ4n) is 3.25. The second-order valence-corrected chi connectivity index (χ2v) is 7.64. The number of carbonyl (C=O) groups is 1. The fourth-order valence-corrected chi connectivity index (χ4v) is 3.25. The van der Waals surface area contributed by atoms with E-state index < -0.39 is 6.04 Å². The predicted molar refractivity (Wildman–Crippen MR) is 102 cm³/mol. The first-order chi connectivity index (χ1) is 13.7. The van der Waals surface area contributed by atoms with Crippen molar-refractivity contribution < 1.29 is 9.32 Å². The van der Waals surface area contributed by atoms with Crippen molar-refractivity contribution in [2.45, 2.75) is 50.5 Å².